The Morgan fingerprint density at radius 3 is 2.37 bits per heavy atom. The summed E-state index contributed by atoms with van der Waals surface area (Å²) in [6.07, 6.45) is 5.28. The highest BCUT2D eigenvalue weighted by Crippen LogP contribution is 2.47. The normalized spacial score (nSPS) is 15.6. The number of aromatic nitrogens is 3. The van der Waals surface area contributed by atoms with Crippen LogP contribution in [0.25, 0.3) is 22.2 Å². The van der Waals surface area contributed by atoms with E-state index in [2.05, 4.69) is 25.2 Å². The van der Waals surface area contributed by atoms with Gasteiger partial charge in [-0.25, -0.2) is 4.98 Å². The molecule has 0 spiro atoms. The van der Waals surface area contributed by atoms with E-state index in [1.165, 1.54) is 26.6 Å². The van der Waals surface area contributed by atoms with Crippen molar-refractivity contribution < 1.29 is 19.4 Å². The third kappa shape index (κ3) is 5.10. The molecule has 5 rings (SSSR count). The first kappa shape index (κ1) is 26.1. The van der Waals surface area contributed by atoms with Crippen LogP contribution in [0.3, 0.4) is 0 Å². The van der Waals surface area contributed by atoms with Gasteiger partial charge in [0.25, 0.3) is 5.91 Å². The summed E-state index contributed by atoms with van der Waals surface area (Å²) in [4.78, 5) is 28.7. The van der Waals surface area contributed by atoms with Crippen LogP contribution < -0.4 is 14.8 Å². The molecular weight excluding hydrogens is 529 g/mol. The molecule has 1 aliphatic rings. The molecule has 2 aromatic heterocycles. The van der Waals surface area contributed by atoms with Crippen LogP contribution in [0.15, 0.2) is 48.9 Å². The van der Waals surface area contributed by atoms with E-state index in [-0.39, 0.29) is 22.1 Å². The molecule has 9 nitrogen and oxygen atoms in total. The molecule has 1 aliphatic heterocycles. The van der Waals surface area contributed by atoms with Gasteiger partial charge in [-0.15, -0.1) is 0 Å². The Bertz CT molecular complexity index is 1470. The predicted octanol–water partition coefficient (Wildman–Crippen LogP) is 4.83. The maximum absolute atomic E-state index is 13.3. The minimum Gasteiger partial charge on any atom is -0.495 e. The maximum atomic E-state index is 13.3. The van der Waals surface area contributed by atoms with Crippen LogP contribution in [0.4, 0.5) is 5.82 Å². The number of pyridine rings is 1. The number of nitrogens with one attached hydrogen (secondary N) is 1. The molecule has 0 aliphatic carbocycles. The fraction of sp³-hybridized carbons (Fsp3) is 0.259. The van der Waals surface area contributed by atoms with E-state index >= 15 is 0 Å². The monoisotopic (exact) mass is 553 g/mol. The highest BCUT2D eigenvalue weighted by molar-refractivity contribution is 6.41. The Balaban J connectivity index is 1.45. The number of ether oxygens (including phenoxy) is 2. The van der Waals surface area contributed by atoms with Crippen molar-refractivity contribution in [1.29, 1.82) is 0 Å². The average molecular weight is 554 g/mol. The second-order valence-electron chi connectivity index (χ2n) is 8.88. The van der Waals surface area contributed by atoms with E-state index in [4.69, 9.17) is 32.7 Å². The number of methoxy groups -OCH3 is 2. The number of nitrogens with zero attached hydrogens (tertiary/aromatic N) is 4. The second kappa shape index (κ2) is 11.1. The second-order valence-corrected chi connectivity index (χ2v) is 9.64. The molecule has 0 radical (unpaired) electrons. The summed E-state index contributed by atoms with van der Waals surface area (Å²) in [6, 6.07) is 8.64. The molecular formula is C27H25Cl2N5O4. The summed E-state index contributed by atoms with van der Waals surface area (Å²) in [5.74, 6) is 0.796. The van der Waals surface area contributed by atoms with E-state index in [1.807, 2.05) is 6.07 Å². The fourth-order valence-electron chi connectivity index (χ4n) is 4.55. The Kier molecular flexibility index (Phi) is 7.62. The molecule has 1 saturated heterocycles. The van der Waals surface area contributed by atoms with Crippen LogP contribution in [0.5, 0.6) is 11.5 Å². The van der Waals surface area contributed by atoms with Crippen molar-refractivity contribution in [2.75, 3.05) is 32.6 Å². The molecule has 11 heteroatoms. The van der Waals surface area contributed by atoms with Crippen molar-refractivity contribution >= 4 is 46.0 Å². The standard InChI is InChI=1S/C27H25Cl2N5O4/c1-37-19-11-20(38-2)24(29)22(23(19)28)17-4-5-18(26-25(17)30-8-9-31-26)27(36)33-21-6-3-15(12-32-21)13-34-10-7-16(35)14-34/h3-6,8-9,11-12,16,35H,7,10,13-14H2,1-2H3,(H,32,33,36)/t16-/m0/s1. The molecule has 1 atom stereocenters. The first-order valence-corrected chi connectivity index (χ1v) is 12.7. The van der Waals surface area contributed by atoms with Gasteiger partial charge in [0, 0.05) is 55.4 Å². The van der Waals surface area contributed by atoms with E-state index < -0.39 is 0 Å². The number of fused-ring (bicyclic) bond motifs is 1. The number of aliphatic hydroxyl groups excluding tert-OH is 1. The largest absolute Gasteiger partial charge is 0.495 e. The lowest BCUT2D eigenvalue weighted by molar-refractivity contribution is 0.102. The zero-order chi connectivity index (χ0) is 26.8. The summed E-state index contributed by atoms with van der Waals surface area (Å²) in [5.41, 5.74) is 3.17. The van der Waals surface area contributed by atoms with Gasteiger partial charge in [-0.1, -0.05) is 35.3 Å². The van der Waals surface area contributed by atoms with E-state index in [0.717, 1.165) is 18.5 Å². The fourth-order valence-corrected chi connectivity index (χ4v) is 5.26. The number of carbonyl (C=O) groups excluding carboxylic acids is 1. The van der Waals surface area contributed by atoms with E-state index in [0.29, 0.717) is 58.1 Å². The molecule has 2 N–H and O–H groups in total. The third-order valence-electron chi connectivity index (χ3n) is 6.43. The topological polar surface area (TPSA) is 110 Å². The summed E-state index contributed by atoms with van der Waals surface area (Å²) < 4.78 is 10.8. The van der Waals surface area contributed by atoms with Crippen molar-refractivity contribution in [3.63, 3.8) is 0 Å². The van der Waals surface area contributed by atoms with Crippen molar-refractivity contribution in [3.8, 4) is 22.6 Å². The van der Waals surface area contributed by atoms with Crippen molar-refractivity contribution in [2.45, 2.75) is 19.1 Å². The highest BCUT2D eigenvalue weighted by atomic mass is 35.5. The number of amides is 1. The van der Waals surface area contributed by atoms with Crippen molar-refractivity contribution in [1.82, 2.24) is 19.9 Å². The Labute approximate surface area is 229 Å². The SMILES string of the molecule is COc1cc(OC)c(Cl)c(-c2ccc(C(=O)Nc3ccc(CN4CC[C@H](O)C4)cn3)c3nccnc23)c1Cl. The molecule has 38 heavy (non-hydrogen) atoms. The van der Waals surface area contributed by atoms with Gasteiger partial charge in [-0.05, 0) is 24.1 Å². The van der Waals surface area contributed by atoms with Crippen LogP contribution >= 0.6 is 23.2 Å². The molecule has 0 unspecified atom stereocenters. The van der Waals surface area contributed by atoms with Gasteiger partial charge in [-0.3, -0.25) is 19.7 Å². The van der Waals surface area contributed by atoms with Gasteiger partial charge in [0.2, 0.25) is 0 Å². The van der Waals surface area contributed by atoms with Crippen LogP contribution in [-0.4, -0.2) is 64.3 Å². The third-order valence-corrected chi connectivity index (χ3v) is 7.18. The van der Waals surface area contributed by atoms with Gasteiger partial charge in [0.05, 0.1) is 41.4 Å². The first-order valence-electron chi connectivity index (χ1n) is 11.9. The first-order chi connectivity index (χ1) is 18.4. The number of rotatable bonds is 7. The van der Waals surface area contributed by atoms with Crippen LogP contribution in [-0.2, 0) is 6.54 Å². The summed E-state index contributed by atoms with van der Waals surface area (Å²) in [7, 11) is 3.00. The molecule has 0 saturated carbocycles. The van der Waals surface area contributed by atoms with Gasteiger partial charge < -0.3 is 19.9 Å². The summed E-state index contributed by atoms with van der Waals surface area (Å²) >= 11 is 13.3. The lowest BCUT2D eigenvalue weighted by Gasteiger charge is -2.16. The Hall–Kier alpha value is -3.50. The Morgan fingerprint density at radius 2 is 1.76 bits per heavy atom. The minimum absolute atomic E-state index is 0.274. The lowest BCUT2D eigenvalue weighted by atomic mass is 9.99. The van der Waals surface area contributed by atoms with Gasteiger partial charge in [0.1, 0.15) is 22.8 Å². The predicted molar refractivity (Wildman–Crippen MR) is 146 cm³/mol. The number of halogens is 2. The average Bonchev–Trinajstić information content (AvgIpc) is 3.34. The van der Waals surface area contributed by atoms with Crippen LogP contribution in [0, 0.1) is 0 Å². The molecule has 1 fully saturated rings. The summed E-state index contributed by atoms with van der Waals surface area (Å²) in [5, 5.41) is 13.1. The van der Waals surface area contributed by atoms with Crippen LogP contribution in [0.1, 0.15) is 22.3 Å². The number of likely N-dealkylation sites (tertiary alicyclic amines) is 1. The maximum Gasteiger partial charge on any atom is 0.259 e. The minimum atomic E-state index is -0.384. The lowest BCUT2D eigenvalue weighted by Crippen LogP contribution is -2.21. The smallest absolute Gasteiger partial charge is 0.259 e. The molecule has 1 amide bonds. The van der Waals surface area contributed by atoms with Crippen molar-refractivity contribution in [2.24, 2.45) is 0 Å². The summed E-state index contributed by atoms with van der Waals surface area (Å²) in [6.45, 7) is 2.20. The number of aliphatic hydroxyl groups is 1. The van der Waals surface area contributed by atoms with Gasteiger partial charge in [0.15, 0.2) is 0 Å². The number of anilines is 1. The number of β-amino-alcohol motifs (C(OH)–C–C–N with tert-alkyl or cyclic N) is 1. The zero-order valence-electron chi connectivity index (χ0n) is 20.7. The number of hydrogen-bond acceptors (Lipinski definition) is 8. The zero-order valence-corrected chi connectivity index (χ0v) is 22.3. The quantitative estimate of drug-likeness (QED) is 0.334. The molecule has 3 heterocycles. The molecule has 196 valence electrons. The number of carbonyl (C=O) groups is 1. The molecule has 0 bridgehead atoms. The van der Waals surface area contributed by atoms with E-state index in [1.54, 1.807) is 30.5 Å². The van der Waals surface area contributed by atoms with Crippen molar-refractivity contribution in [3.05, 3.63) is 70.1 Å². The molecule has 2 aromatic carbocycles. The van der Waals surface area contributed by atoms with Gasteiger partial charge >= 0.3 is 0 Å². The van der Waals surface area contributed by atoms with Gasteiger partial charge in [-0.2, -0.15) is 0 Å². The van der Waals surface area contributed by atoms with E-state index in [9.17, 15) is 9.90 Å². The number of benzene rings is 2. The molecule has 4 aromatic rings. The number of hydrogen-bond donors (Lipinski definition) is 2. The highest BCUT2D eigenvalue weighted by Gasteiger charge is 2.24. The Morgan fingerprint density at radius 1 is 1.05 bits per heavy atom. The van der Waals surface area contributed by atoms with Crippen LogP contribution in [0.2, 0.25) is 10.0 Å².